The van der Waals surface area contributed by atoms with Gasteiger partial charge in [0.2, 0.25) is 0 Å². The number of ether oxygens (including phenoxy) is 1. The third-order valence-corrected chi connectivity index (χ3v) is 2.96. The van der Waals surface area contributed by atoms with Crippen LogP contribution in [0.4, 0.5) is 11.5 Å². The summed E-state index contributed by atoms with van der Waals surface area (Å²) < 4.78 is 8.11. The molecule has 3 aromatic rings. The Hall–Kier alpha value is -3.23. The number of anilines is 2. The summed E-state index contributed by atoms with van der Waals surface area (Å²) in [5.41, 5.74) is 1.18. The first kappa shape index (κ1) is 14.7. The molecule has 0 saturated heterocycles. The fourth-order valence-corrected chi connectivity index (χ4v) is 1.94. The second-order valence-electron chi connectivity index (χ2n) is 4.68. The van der Waals surface area contributed by atoms with Gasteiger partial charge in [0.05, 0.1) is 30.3 Å². The van der Waals surface area contributed by atoms with Crippen molar-refractivity contribution in [3.63, 3.8) is 0 Å². The van der Waals surface area contributed by atoms with Crippen LogP contribution in [0.25, 0.3) is 5.82 Å². The van der Waals surface area contributed by atoms with Crippen molar-refractivity contribution in [3.05, 3.63) is 42.7 Å². The fourth-order valence-electron chi connectivity index (χ4n) is 1.94. The second kappa shape index (κ2) is 6.26. The van der Waals surface area contributed by atoms with Crippen LogP contribution in [0.2, 0.25) is 0 Å². The van der Waals surface area contributed by atoms with E-state index in [2.05, 4.69) is 25.5 Å². The Kier molecular flexibility index (Phi) is 4.00. The number of nitrogens with one attached hydrogen (secondary N) is 1. The monoisotopic (exact) mass is 313 g/mol. The topological polar surface area (TPSA) is 99.8 Å². The van der Waals surface area contributed by atoms with Gasteiger partial charge in [0.25, 0.3) is 0 Å². The molecule has 118 valence electrons. The molecule has 3 heterocycles. The molecule has 3 aromatic heterocycles. The smallest absolute Gasteiger partial charge is 0.341 e. The summed E-state index contributed by atoms with van der Waals surface area (Å²) in [6.45, 7) is 2.07. The zero-order valence-electron chi connectivity index (χ0n) is 12.7. The highest BCUT2D eigenvalue weighted by Crippen LogP contribution is 2.15. The number of esters is 1. The van der Waals surface area contributed by atoms with Crippen LogP contribution in [-0.2, 0) is 11.8 Å². The molecule has 0 aliphatic heterocycles. The molecule has 9 heteroatoms. The number of aromatic nitrogens is 6. The van der Waals surface area contributed by atoms with E-state index >= 15 is 0 Å². The molecule has 0 fully saturated rings. The van der Waals surface area contributed by atoms with Crippen LogP contribution in [0.15, 0.2) is 37.2 Å². The van der Waals surface area contributed by atoms with E-state index in [9.17, 15) is 4.79 Å². The Morgan fingerprint density at radius 3 is 2.87 bits per heavy atom. The maximum Gasteiger partial charge on any atom is 0.341 e. The van der Waals surface area contributed by atoms with Crippen LogP contribution in [0.1, 0.15) is 17.3 Å². The molecule has 0 aliphatic carbocycles. The van der Waals surface area contributed by atoms with E-state index in [1.807, 2.05) is 13.2 Å². The molecule has 0 unspecified atom stereocenters. The number of aryl methyl sites for hydroxylation is 1. The molecule has 3 rings (SSSR count). The molecule has 9 nitrogen and oxygen atoms in total. The molecule has 23 heavy (non-hydrogen) atoms. The highest BCUT2D eigenvalue weighted by Gasteiger charge is 2.11. The molecule has 0 aliphatic rings. The van der Waals surface area contributed by atoms with Crippen molar-refractivity contribution in [1.82, 2.24) is 29.5 Å². The minimum atomic E-state index is -0.415. The first-order valence-corrected chi connectivity index (χ1v) is 6.95. The zero-order chi connectivity index (χ0) is 16.2. The van der Waals surface area contributed by atoms with Crippen molar-refractivity contribution < 1.29 is 9.53 Å². The highest BCUT2D eigenvalue weighted by atomic mass is 16.5. The summed E-state index contributed by atoms with van der Waals surface area (Å²) in [5, 5.41) is 11.3. The van der Waals surface area contributed by atoms with Crippen LogP contribution in [0.3, 0.4) is 0 Å². The molecule has 0 bridgehead atoms. The summed E-state index contributed by atoms with van der Waals surface area (Å²) in [7, 11) is 1.83. The number of carbonyl (C=O) groups is 1. The van der Waals surface area contributed by atoms with E-state index in [0.717, 1.165) is 5.69 Å². The van der Waals surface area contributed by atoms with Crippen molar-refractivity contribution in [1.29, 1.82) is 0 Å². The lowest BCUT2D eigenvalue weighted by molar-refractivity contribution is 0.0526. The lowest BCUT2D eigenvalue weighted by Crippen LogP contribution is -2.04. The first-order chi connectivity index (χ1) is 11.2. The number of hydrogen-bond acceptors (Lipinski definition) is 7. The van der Waals surface area contributed by atoms with Crippen molar-refractivity contribution in [3.8, 4) is 5.82 Å². The van der Waals surface area contributed by atoms with Crippen LogP contribution in [0, 0.1) is 0 Å². The SMILES string of the molecule is CCOC(=O)c1cnn(-c2cc(Nc3cnn(C)c3)ncn2)c1. The van der Waals surface area contributed by atoms with Crippen molar-refractivity contribution in [2.24, 2.45) is 7.05 Å². The van der Waals surface area contributed by atoms with E-state index in [-0.39, 0.29) is 0 Å². The molecule has 0 radical (unpaired) electrons. The molecule has 0 amide bonds. The summed E-state index contributed by atoms with van der Waals surface area (Å²) in [6.07, 6.45) is 7.94. The minimum Gasteiger partial charge on any atom is -0.462 e. The second-order valence-corrected chi connectivity index (χ2v) is 4.68. The molecule has 0 saturated carbocycles. The van der Waals surface area contributed by atoms with E-state index in [1.54, 1.807) is 30.1 Å². The van der Waals surface area contributed by atoms with E-state index in [0.29, 0.717) is 23.8 Å². The van der Waals surface area contributed by atoms with Gasteiger partial charge in [-0.25, -0.2) is 19.4 Å². The van der Waals surface area contributed by atoms with Gasteiger partial charge in [0, 0.05) is 25.5 Å². The van der Waals surface area contributed by atoms with Gasteiger partial charge in [-0.2, -0.15) is 10.2 Å². The third-order valence-electron chi connectivity index (χ3n) is 2.96. The maximum absolute atomic E-state index is 11.7. The number of rotatable bonds is 5. The summed E-state index contributed by atoms with van der Waals surface area (Å²) in [5.74, 6) is 0.708. The van der Waals surface area contributed by atoms with Gasteiger partial charge in [0.15, 0.2) is 5.82 Å². The lowest BCUT2D eigenvalue weighted by Gasteiger charge is -2.04. The highest BCUT2D eigenvalue weighted by molar-refractivity contribution is 5.88. The average molecular weight is 313 g/mol. The number of nitrogens with zero attached hydrogens (tertiary/aromatic N) is 6. The molecule has 0 atom stereocenters. The van der Waals surface area contributed by atoms with E-state index < -0.39 is 5.97 Å². The average Bonchev–Trinajstić information content (AvgIpc) is 3.17. The molecule has 0 spiro atoms. The third kappa shape index (κ3) is 3.34. The Bertz CT molecular complexity index is 824. The quantitative estimate of drug-likeness (QED) is 0.709. The summed E-state index contributed by atoms with van der Waals surface area (Å²) >= 11 is 0. The van der Waals surface area contributed by atoms with E-state index in [1.165, 1.54) is 17.2 Å². The van der Waals surface area contributed by atoms with Crippen molar-refractivity contribution in [2.75, 3.05) is 11.9 Å². The predicted molar refractivity (Wildman–Crippen MR) is 81.6 cm³/mol. The van der Waals surface area contributed by atoms with Gasteiger partial charge in [-0.05, 0) is 6.92 Å². The van der Waals surface area contributed by atoms with Gasteiger partial charge in [0.1, 0.15) is 12.1 Å². The van der Waals surface area contributed by atoms with Crippen molar-refractivity contribution in [2.45, 2.75) is 6.92 Å². The van der Waals surface area contributed by atoms with Crippen molar-refractivity contribution >= 4 is 17.5 Å². The van der Waals surface area contributed by atoms with Gasteiger partial charge < -0.3 is 10.1 Å². The Labute approximate surface area is 131 Å². The standard InChI is InChI=1S/C14H15N7O2/c1-3-23-14(22)10-5-18-21(7-10)13-4-12(15-9-16-13)19-11-6-17-20(2)8-11/h4-9H,3H2,1-2H3,(H,15,16,19). The zero-order valence-corrected chi connectivity index (χ0v) is 12.7. The first-order valence-electron chi connectivity index (χ1n) is 6.95. The van der Waals surface area contributed by atoms with Gasteiger partial charge in [-0.3, -0.25) is 4.68 Å². The maximum atomic E-state index is 11.7. The van der Waals surface area contributed by atoms with Gasteiger partial charge >= 0.3 is 5.97 Å². The fraction of sp³-hybridized carbons (Fsp3) is 0.214. The minimum absolute atomic E-state index is 0.316. The largest absolute Gasteiger partial charge is 0.462 e. The number of hydrogen-bond donors (Lipinski definition) is 1. The Balaban J connectivity index is 1.81. The van der Waals surface area contributed by atoms with Crippen LogP contribution >= 0.6 is 0 Å². The van der Waals surface area contributed by atoms with Crippen LogP contribution in [-0.4, -0.2) is 42.1 Å². The molecular formula is C14H15N7O2. The lowest BCUT2D eigenvalue weighted by atomic mass is 10.4. The van der Waals surface area contributed by atoms with Crippen LogP contribution < -0.4 is 5.32 Å². The van der Waals surface area contributed by atoms with Gasteiger partial charge in [-0.15, -0.1) is 0 Å². The Morgan fingerprint density at radius 2 is 2.13 bits per heavy atom. The molecular weight excluding hydrogens is 298 g/mol. The normalized spacial score (nSPS) is 10.5. The van der Waals surface area contributed by atoms with Gasteiger partial charge in [-0.1, -0.05) is 0 Å². The molecule has 1 N–H and O–H groups in total. The Morgan fingerprint density at radius 1 is 1.26 bits per heavy atom. The van der Waals surface area contributed by atoms with Crippen LogP contribution in [0.5, 0.6) is 0 Å². The predicted octanol–water partition coefficient (Wildman–Crippen LogP) is 1.32. The summed E-state index contributed by atoms with van der Waals surface area (Å²) in [6, 6.07) is 1.72. The molecule has 0 aromatic carbocycles. The number of carbonyl (C=O) groups excluding carboxylic acids is 1. The van der Waals surface area contributed by atoms with E-state index in [4.69, 9.17) is 4.74 Å². The summed E-state index contributed by atoms with van der Waals surface area (Å²) in [4.78, 5) is 20.0.